The Bertz CT molecular complexity index is 650. The molecule has 1 atom stereocenters. The summed E-state index contributed by atoms with van der Waals surface area (Å²) >= 11 is 12.1. The molecule has 0 aromatic heterocycles. The number of guanidine groups is 1. The van der Waals surface area contributed by atoms with E-state index in [1.165, 1.54) is 0 Å². The highest BCUT2D eigenvalue weighted by Crippen LogP contribution is 2.23. The van der Waals surface area contributed by atoms with Crippen molar-refractivity contribution in [3.63, 3.8) is 0 Å². The van der Waals surface area contributed by atoms with E-state index in [9.17, 15) is 4.79 Å². The summed E-state index contributed by atoms with van der Waals surface area (Å²) in [4.78, 5) is 20.4. The van der Waals surface area contributed by atoms with Gasteiger partial charge in [-0.2, -0.15) is 0 Å². The molecule has 0 spiro atoms. The predicted octanol–water partition coefficient (Wildman–Crippen LogP) is 3.79. The van der Waals surface area contributed by atoms with Crippen LogP contribution in [-0.2, 0) is 11.3 Å². The van der Waals surface area contributed by atoms with E-state index in [0.717, 1.165) is 43.9 Å². The van der Waals surface area contributed by atoms with E-state index in [-0.39, 0.29) is 5.91 Å². The Labute approximate surface area is 166 Å². The minimum atomic E-state index is 0.290. The van der Waals surface area contributed by atoms with E-state index in [1.54, 1.807) is 7.05 Å². The fraction of sp³-hybridized carbons (Fsp3) is 0.579. The van der Waals surface area contributed by atoms with E-state index < -0.39 is 0 Å². The lowest BCUT2D eigenvalue weighted by Crippen LogP contribution is -2.42. The third-order valence-corrected chi connectivity index (χ3v) is 5.50. The molecule has 0 bridgehead atoms. The third kappa shape index (κ3) is 5.52. The molecule has 1 fully saturated rings. The summed E-state index contributed by atoms with van der Waals surface area (Å²) in [5.74, 6) is 1.11. The van der Waals surface area contributed by atoms with Crippen LogP contribution in [0.4, 0.5) is 0 Å². The van der Waals surface area contributed by atoms with Gasteiger partial charge in [0.05, 0.1) is 10.0 Å². The van der Waals surface area contributed by atoms with Crippen molar-refractivity contribution in [3.05, 3.63) is 33.8 Å². The van der Waals surface area contributed by atoms with Crippen molar-refractivity contribution in [1.82, 2.24) is 15.1 Å². The zero-order chi connectivity index (χ0) is 19.1. The molecule has 5 nitrogen and oxygen atoms in total. The fourth-order valence-corrected chi connectivity index (χ4v) is 3.68. The maximum Gasteiger partial charge on any atom is 0.222 e. The van der Waals surface area contributed by atoms with Gasteiger partial charge in [-0.3, -0.25) is 9.79 Å². The largest absolute Gasteiger partial charge is 0.356 e. The van der Waals surface area contributed by atoms with Gasteiger partial charge in [0.25, 0.3) is 0 Å². The highest BCUT2D eigenvalue weighted by atomic mass is 35.5. The Balaban J connectivity index is 1.85. The first-order valence-corrected chi connectivity index (χ1v) is 9.87. The number of hydrogen-bond donors (Lipinski definition) is 1. The number of nitrogens with one attached hydrogen (secondary N) is 1. The molecule has 2 rings (SSSR count). The van der Waals surface area contributed by atoms with Crippen LogP contribution in [0.5, 0.6) is 0 Å². The SMILES string of the molecule is CCC(CCNC(=NC)N(C)Cc1ccc(Cl)c(Cl)c1)N1CCCC1=O. The highest BCUT2D eigenvalue weighted by Gasteiger charge is 2.26. The second-order valence-corrected chi connectivity index (χ2v) is 7.43. The van der Waals surface area contributed by atoms with Crippen molar-refractivity contribution in [2.75, 3.05) is 27.2 Å². The quantitative estimate of drug-likeness (QED) is 0.561. The van der Waals surface area contributed by atoms with Crippen molar-refractivity contribution >= 4 is 35.1 Å². The number of carbonyl (C=O) groups is 1. The zero-order valence-electron chi connectivity index (χ0n) is 15.8. The first-order valence-electron chi connectivity index (χ1n) is 9.11. The van der Waals surface area contributed by atoms with Crippen molar-refractivity contribution in [1.29, 1.82) is 0 Å². The summed E-state index contributed by atoms with van der Waals surface area (Å²) in [7, 11) is 3.76. The van der Waals surface area contributed by atoms with Gasteiger partial charge < -0.3 is 15.1 Å². The molecule has 1 aliphatic rings. The molecule has 1 aromatic rings. The molecule has 7 heteroatoms. The molecule has 1 unspecified atom stereocenters. The maximum atomic E-state index is 11.9. The predicted molar refractivity (Wildman–Crippen MR) is 109 cm³/mol. The number of likely N-dealkylation sites (tertiary alicyclic amines) is 1. The second-order valence-electron chi connectivity index (χ2n) is 6.62. The normalized spacial score (nSPS) is 16.1. The molecule has 0 saturated carbocycles. The number of nitrogens with zero attached hydrogens (tertiary/aromatic N) is 3. The van der Waals surface area contributed by atoms with Gasteiger partial charge in [-0.1, -0.05) is 36.2 Å². The lowest BCUT2D eigenvalue weighted by atomic mass is 10.1. The second kappa shape index (κ2) is 10.0. The Hall–Kier alpha value is -1.46. The molecule has 144 valence electrons. The minimum absolute atomic E-state index is 0.290. The van der Waals surface area contributed by atoms with Crippen LogP contribution in [0.1, 0.15) is 38.2 Å². The minimum Gasteiger partial charge on any atom is -0.356 e. The van der Waals surface area contributed by atoms with E-state index in [4.69, 9.17) is 23.2 Å². The molecule has 26 heavy (non-hydrogen) atoms. The third-order valence-electron chi connectivity index (χ3n) is 4.76. The number of amides is 1. The van der Waals surface area contributed by atoms with Crippen LogP contribution in [0.25, 0.3) is 0 Å². The average Bonchev–Trinajstić information content (AvgIpc) is 3.04. The van der Waals surface area contributed by atoms with Crippen molar-refractivity contribution < 1.29 is 4.79 Å². The molecule has 1 aromatic carbocycles. The Morgan fingerprint density at radius 3 is 2.73 bits per heavy atom. The zero-order valence-corrected chi connectivity index (χ0v) is 17.3. The summed E-state index contributed by atoms with van der Waals surface area (Å²) in [5.41, 5.74) is 1.07. The molecule has 0 aliphatic carbocycles. The molecular weight excluding hydrogens is 371 g/mol. The van der Waals surface area contributed by atoms with Gasteiger partial charge in [0.2, 0.25) is 5.91 Å². The van der Waals surface area contributed by atoms with Crippen molar-refractivity contribution in [2.45, 2.75) is 45.2 Å². The summed E-state index contributed by atoms with van der Waals surface area (Å²) in [6.07, 6.45) is 3.57. The standard InChI is InChI=1S/C19H28Cl2N4O/c1-4-15(25-11-5-6-18(25)26)9-10-23-19(22-2)24(3)13-14-7-8-16(20)17(21)12-14/h7-8,12,15H,4-6,9-11,13H2,1-3H3,(H,22,23). The summed E-state index contributed by atoms with van der Waals surface area (Å²) < 4.78 is 0. The highest BCUT2D eigenvalue weighted by molar-refractivity contribution is 6.42. The van der Waals surface area contributed by atoms with Gasteiger partial charge >= 0.3 is 0 Å². The number of halogens is 2. The Morgan fingerprint density at radius 2 is 2.15 bits per heavy atom. The number of benzene rings is 1. The van der Waals surface area contributed by atoms with Gasteiger partial charge in [-0.05, 0) is 37.0 Å². The molecule has 1 amide bonds. The van der Waals surface area contributed by atoms with Gasteiger partial charge in [-0.15, -0.1) is 0 Å². The smallest absolute Gasteiger partial charge is 0.222 e. The van der Waals surface area contributed by atoms with Crippen LogP contribution in [0, 0.1) is 0 Å². The molecule has 1 aliphatic heterocycles. The van der Waals surface area contributed by atoms with Crippen LogP contribution >= 0.6 is 23.2 Å². The van der Waals surface area contributed by atoms with Crippen LogP contribution in [-0.4, -0.2) is 54.9 Å². The van der Waals surface area contributed by atoms with Crippen molar-refractivity contribution in [3.8, 4) is 0 Å². The maximum absolute atomic E-state index is 11.9. The van der Waals surface area contributed by atoms with Gasteiger partial charge in [0.1, 0.15) is 0 Å². The lowest BCUT2D eigenvalue weighted by molar-refractivity contribution is -0.129. The number of rotatable bonds is 7. The van der Waals surface area contributed by atoms with Crippen LogP contribution in [0.3, 0.4) is 0 Å². The van der Waals surface area contributed by atoms with Gasteiger partial charge in [0.15, 0.2) is 5.96 Å². The van der Waals surface area contributed by atoms with E-state index >= 15 is 0 Å². The van der Waals surface area contributed by atoms with Crippen LogP contribution in [0.2, 0.25) is 10.0 Å². The fourth-order valence-electron chi connectivity index (χ4n) is 3.36. The van der Waals surface area contributed by atoms with Crippen LogP contribution in [0.15, 0.2) is 23.2 Å². The first kappa shape index (κ1) is 20.8. The number of hydrogen-bond acceptors (Lipinski definition) is 2. The first-order chi connectivity index (χ1) is 12.5. The molecule has 1 heterocycles. The molecule has 1 N–H and O–H groups in total. The summed E-state index contributed by atoms with van der Waals surface area (Å²) in [5, 5.41) is 4.51. The monoisotopic (exact) mass is 398 g/mol. The van der Waals surface area contributed by atoms with Gasteiger partial charge in [-0.25, -0.2) is 0 Å². The van der Waals surface area contributed by atoms with E-state index in [1.807, 2.05) is 35.0 Å². The Morgan fingerprint density at radius 1 is 1.38 bits per heavy atom. The summed E-state index contributed by atoms with van der Waals surface area (Å²) in [6.45, 7) is 4.49. The molecule has 0 radical (unpaired) electrons. The number of carbonyl (C=O) groups excluding carboxylic acids is 1. The molecule has 1 saturated heterocycles. The topological polar surface area (TPSA) is 47.9 Å². The Kier molecular flexibility index (Phi) is 8.04. The molecular formula is C19H28Cl2N4O. The van der Waals surface area contributed by atoms with E-state index in [2.05, 4.69) is 17.2 Å². The van der Waals surface area contributed by atoms with Gasteiger partial charge in [0, 0.05) is 46.2 Å². The summed E-state index contributed by atoms with van der Waals surface area (Å²) in [6, 6.07) is 5.95. The van der Waals surface area contributed by atoms with E-state index in [0.29, 0.717) is 29.1 Å². The van der Waals surface area contributed by atoms with Crippen LogP contribution < -0.4 is 5.32 Å². The van der Waals surface area contributed by atoms with Crippen molar-refractivity contribution in [2.24, 2.45) is 4.99 Å². The average molecular weight is 399 g/mol. The number of aliphatic imine (C=N–C) groups is 1. The lowest BCUT2D eigenvalue weighted by Gasteiger charge is -2.28.